The Morgan fingerprint density at radius 2 is 2.21 bits per heavy atom. The Bertz CT molecular complexity index is 861. The van der Waals surface area contributed by atoms with Crippen molar-refractivity contribution in [3.05, 3.63) is 57.7 Å². The van der Waals surface area contributed by atoms with Gasteiger partial charge in [0.15, 0.2) is 5.82 Å². The van der Waals surface area contributed by atoms with E-state index in [4.69, 9.17) is 0 Å². The summed E-state index contributed by atoms with van der Waals surface area (Å²) in [7, 11) is 0. The predicted molar refractivity (Wildman–Crippen MR) is 88.7 cm³/mol. The van der Waals surface area contributed by atoms with Crippen molar-refractivity contribution in [2.75, 3.05) is 5.32 Å². The highest BCUT2D eigenvalue weighted by molar-refractivity contribution is 7.13. The fourth-order valence-corrected chi connectivity index (χ4v) is 2.58. The minimum absolute atomic E-state index is 0.0939. The van der Waals surface area contributed by atoms with Crippen LogP contribution in [0, 0.1) is 10.1 Å². The highest BCUT2D eigenvalue weighted by Crippen LogP contribution is 2.20. The van der Waals surface area contributed by atoms with Crippen molar-refractivity contribution < 1.29 is 9.72 Å². The zero-order valence-electron chi connectivity index (χ0n) is 12.2. The number of thiophene rings is 1. The maximum atomic E-state index is 11.9. The molecular weight excluding hydrogens is 332 g/mol. The third-order valence-corrected chi connectivity index (χ3v) is 3.87. The number of hydrogen-bond donors (Lipinski definition) is 3. The number of aromatic nitrogens is 3. The molecule has 3 N–H and O–H groups in total. The minimum Gasteiger partial charge on any atom is -0.331 e. The molecular formula is C14H12N6O3S. The van der Waals surface area contributed by atoms with E-state index in [1.807, 2.05) is 17.5 Å². The van der Waals surface area contributed by atoms with Gasteiger partial charge in [-0.25, -0.2) is 9.78 Å². The molecule has 3 rings (SSSR count). The molecule has 24 heavy (non-hydrogen) atoms. The van der Waals surface area contributed by atoms with Gasteiger partial charge in [0.25, 0.3) is 5.69 Å². The highest BCUT2D eigenvalue weighted by Gasteiger charge is 2.10. The molecule has 0 bridgehead atoms. The summed E-state index contributed by atoms with van der Waals surface area (Å²) in [6, 6.07) is 9.01. The molecule has 2 heterocycles. The number of benzene rings is 1. The van der Waals surface area contributed by atoms with Gasteiger partial charge < -0.3 is 10.6 Å². The van der Waals surface area contributed by atoms with Crippen molar-refractivity contribution in [1.82, 2.24) is 20.5 Å². The fourth-order valence-electron chi connectivity index (χ4n) is 1.93. The average Bonchev–Trinajstić information content (AvgIpc) is 3.24. The van der Waals surface area contributed by atoms with Crippen LogP contribution in [0.15, 0.2) is 41.8 Å². The largest absolute Gasteiger partial charge is 0.331 e. The monoisotopic (exact) mass is 344 g/mol. The van der Waals surface area contributed by atoms with Crippen LogP contribution >= 0.6 is 11.3 Å². The summed E-state index contributed by atoms with van der Waals surface area (Å²) in [6.07, 6.45) is 0. The number of urea groups is 1. The molecule has 2 amide bonds. The molecule has 9 nitrogen and oxygen atoms in total. The Balaban J connectivity index is 1.56. The van der Waals surface area contributed by atoms with Crippen molar-refractivity contribution in [1.29, 1.82) is 0 Å². The van der Waals surface area contributed by atoms with Gasteiger partial charge in [-0.15, -0.1) is 11.3 Å². The minimum atomic E-state index is -0.524. The van der Waals surface area contributed by atoms with Crippen LogP contribution in [0.3, 0.4) is 0 Å². The third-order valence-electron chi connectivity index (χ3n) is 3.00. The molecule has 1 aromatic carbocycles. The molecule has 2 aromatic heterocycles. The number of rotatable bonds is 5. The standard InChI is InChI=1S/C14H12N6O3S/c21-14(16-9-3-1-4-10(7-9)20(22)23)15-8-12-17-13(19-18-12)11-5-2-6-24-11/h1-7H,8H2,(H2,15,16,21)(H,17,18,19). The lowest BCUT2D eigenvalue weighted by atomic mass is 10.3. The zero-order valence-corrected chi connectivity index (χ0v) is 13.0. The molecule has 0 fully saturated rings. The first kappa shape index (κ1) is 15.6. The summed E-state index contributed by atoms with van der Waals surface area (Å²) in [5.41, 5.74) is 0.238. The van der Waals surface area contributed by atoms with Crippen LogP contribution in [0.2, 0.25) is 0 Å². The molecule has 0 saturated carbocycles. The van der Waals surface area contributed by atoms with E-state index in [2.05, 4.69) is 25.8 Å². The predicted octanol–water partition coefficient (Wildman–Crippen LogP) is 2.76. The lowest BCUT2D eigenvalue weighted by Crippen LogP contribution is -2.28. The maximum absolute atomic E-state index is 11.9. The number of nitro benzene ring substituents is 1. The van der Waals surface area contributed by atoms with Gasteiger partial charge in [-0.3, -0.25) is 15.2 Å². The lowest BCUT2D eigenvalue weighted by molar-refractivity contribution is -0.384. The fraction of sp³-hybridized carbons (Fsp3) is 0.0714. The molecule has 0 atom stereocenters. The van der Waals surface area contributed by atoms with Gasteiger partial charge in [-0.1, -0.05) is 12.1 Å². The van der Waals surface area contributed by atoms with Crippen molar-refractivity contribution in [3.8, 4) is 10.7 Å². The molecule has 0 aliphatic carbocycles. The molecule has 0 aliphatic heterocycles. The molecule has 0 aliphatic rings. The molecule has 0 spiro atoms. The second-order valence-electron chi connectivity index (χ2n) is 4.70. The van der Waals surface area contributed by atoms with Gasteiger partial charge in [-0.05, 0) is 17.5 Å². The van der Waals surface area contributed by atoms with Gasteiger partial charge in [0, 0.05) is 17.8 Å². The van der Waals surface area contributed by atoms with E-state index in [1.165, 1.54) is 29.5 Å². The summed E-state index contributed by atoms with van der Waals surface area (Å²) in [5.74, 6) is 1.08. The van der Waals surface area contributed by atoms with Crippen LogP contribution in [0.5, 0.6) is 0 Å². The summed E-state index contributed by atoms with van der Waals surface area (Å²) in [5, 5.41) is 24.6. The van der Waals surface area contributed by atoms with Gasteiger partial charge in [0.2, 0.25) is 0 Å². The van der Waals surface area contributed by atoms with E-state index < -0.39 is 11.0 Å². The van der Waals surface area contributed by atoms with Crippen LogP contribution in [0.1, 0.15) is 5.82 Å². The molecule has 0 saturated heterocycles. The Kier molecular flexibility index (Phi) is 4.47. The van der Waals surface area contributed by atoms with Crippen LogP contribution in [0.25, 0.3) is 10.7 Å². The number of anilines is 1. The number of nitro groups is 1. The number of non-ortho nitro benzene ring substituents is 1. The highest BCUT2D eigenvalue weighted by atomic mass is 32.1. The van der Waals surface area contributed by atoms with Gasteiger partial charge in [0.1, 0.15) is 5.82 Å². The van der Waals surface area contributed by atoms with Gasteiger partial charge in [0.05, 0.1) is 16.3 Å². The number of carbonyl (C=O) groups is 1. The van der Waals surface area contributed by atoms with Crippen LogP contribution < -0.4 is 10.6 Å². The number of nitrogens with one attached hydrogen (secondary N) is 3. The average molecular weight is 344 g/mol. The molecule has 3 aromatic rings. The second kappa shape index (κ2) is 6.87. The smallest absolute Gasteiger partial charge is 0.319 e. The Morgan fingerprint density at radius 1 is 1.33 bits per heavy atom. The first-order valence-electron chi connectivity index (χ1n) is 6.86. The molecule has 0 unspecified atom stereocenters. The first-order valence-corrected chi connectivity index (χ1v) is 7.74. The van der Waals surface area contributed by atoms with Crippen LogP contribution in [0.4, 0.5) is 16.2 Å². The second-order valence-corrected chi connectivity index (χ2v) is 5.65. The summed E-state index contributed by atoms with van der Waals surface area (Å²) in [6.45, 7) is 0.152. The number of nitrogens with zero attached hydrogens (tertiary/aromatic N) is 3. The number of carbonyl (C=O) groups excluding carboxylic acids is 1. The Hall–Kier alpha value is -3.27. The van der Waals surface area contributed by atoms with E-state index in [9.17, 15) is 14.9 Å². The maximum Gasteiger partial charge on any atom is 0.319 e. The first-order chi connectivity index (χ1) is 11.6. The third kappa shape index (κ3) is 3.73. The van der Waals surface area contributed by atoms with Crippen molar-refractivity contribution >= 4 is 28.7 Å². The normalized spacial score (nSPS) is 10.3. The summed E-state index contributed by atoms with van der Waals surface area (Å²) < 4.78 is 0. The van der Waals surface area contributed by atoms with E-state index >= 15 is 0 Å². The summed E-state index contributed by atoms with van der Waals surface area (Å²) in [4.78, 5) is 27.2. The van der Waals surface area contributed by atoms with Crippen LogP contribution in [-0.4, -0.2) is 26.1 Å². The van der Waals surface area contributed by atoms with E-state index in [-0.39, 0.29) is 12.2 Å². The van der Waals surface area contributed by atoms with E-state index in [1.54, 1.807) is 6.07 Å². The van der Waals surface area contributed by atoms with Crippen molar-refractivity contribution in [2.45, 2.75) is 6.54 Å². The number of aromatic amines is 1. The van der Waals surface area contributed by atoms with Gasteiger partial charge >= 0.3 is 6.03 Å². The SMILES string of the molecule is O=C(NCc1nc(-c2cccs2)n[nH]1)Nc1cccc([N+](=O)[O-])c1. The van der Waals surface area contributed by atoms with E-state index in [0.717, 1.165) is 4.88 Å². The van der Waals surface area contributed by atoms with E-state index in [0.29, 0.717) is 17.3 Å². The lowest BCUT2D eigenvalue weighted by Gasteiger charge is -2.05. The van der Waals surface area contributed by atoms with Crippen molar-refractivity contribution in [2.24, 2.45) is 0 Å². The van der Waals surface area contributed by atoms with Gasteiger partial charge in [-0.2, -0.15) is 5.10 Å². The molecule has 122 valence electrons. The topological polar surface area (TPSA) is 126 Å². The summed E-state index contributed by atoms with van der Waals surface area (Å²) >= 11 is 1.52. The number of amides is 2. The molecule has 0 radical (unpaired) electrons. The zero-order chi connectivity index (χ0) is 16.9. The van der Waals surface area contributed by atoms with Crippen LogP contribution in [-0.2, 0) is 6.54 Å². The molecule has 10 heteroatoms. The number of H-pyrrole nitrogens is 1. The quantitative estimate of drug-likeness (QED) is 0.484. The van der Waals surface area contributed by atoms with Crippen molar-refractivity contribution in [3.63, 3.8) is 0 Å². The Labute approximate surface area is 139 Å². The Morgan fingerprint density at radius 3 is 2.96 bits per heavy atom. The number of hydrogen-bond acceptors (Lipinski definition) is 6.